The van der Waals surface area contributed by atoms with Gasteiger partial charge < -0.3 is 14.8 Å². The molecule has 3 amide bonds. The van der Waals surface area contributed by atoms with Gasteiger partial charge in [-0.1, -0.05) is 12.8 Å². The summed E-state index contributed by atoms with van der Waals surface area (Å²) in [4.78, 5) is 38.7. The SMILES string of the molecule is COC(=O)[C@@H]1C[C@H]2CCCC[C@H]2N1CC(=O)NC(=O)Nc1ccc(OC)cc1. The van der Waals surface area contributed by atoms with Gasteiger partial charge in [-0.05, 0) is 49.4 Å². The van der Waals surface area contributed by atoms with Gasteiger partial charge >= 0.3 is 12.0 Å². The van der Waals surface area contributed by atoms with E-state index in [0.29, 0.717) is 23.8 Å². The quantitative estimate of drug-likeness (QED) is 0.749. The predicted octanol–water partition coefficient (Wildman–Crippen LogP) is 2.15. The number of hydrogen-bond acceptors (Lipinski definition) is 6. The number of imide groups is 1. The minimum Gasteiger partial charge on any atom is -0.497 e. The number of carbonyl (C=O) groups is 3. The zero-order chi connectivity index (χ0) is 20.1. The van der Waals surface area contributed by atoms with E-state index in [4.69, 9.17) is 9.47 Å². The van der Waals surface area contributed by atoms with Crippen LogP contribution in [0.2, 0.25) is 0 Å². The third-order valence-corrected chi connectivity index (χ3v) is 5.62. The monoisotopic (exact) mass is 389 g/mol. The van der Waals surface area contributed by atoms with Gasteiger partial charge in [-0.2, -0.15) is 0 Å². The summed E-state index contributed by atoms with van der Waals surface area (Å²) < 4.78 is 10.00. The molecule has 0 spiro atoms. The van der Waals surface area contributed by atoms with Crippen LogP contribution in [-0.2, 0) is 14.3 Å². The minimum atomic E-state index is -0.607. The standard InChI is InChI=1S/C20H27N3O5/c1-27-15-9-7-14(8-10-15)21-20(26)22-18(24)12-23-16-6-4-3-5-13(16)11-17(23)19(25)28-2/h7-10,13,16-17H,3-6,11-12H2,1-2H3,(H2,21,22,24,26)/t13-,16-,17+/m1/s1. The van der Waals surface area contributed by atoms with Crippen LogP contribution in [0, 0.1) is 5.92 Å². The van der Waals surface area contributed by atoms with Crippen LogP contribution in [0.4, 0.5) is 10.5 Å². The number of urea groups is 1. The highest BCUT2D eigenvalue weighted by molar-refractivity contribution is 6.01. The minimum absolute atomic E-state index is 0.00301. The summed E-state index contributed by atoms with van der Waals surface area (Å²) in [5.74, 6) is 0.321. The number of hydrogen-bond donors (Lipinski definition) is 2. The van der Waals surface area contributed by atoms with Gasteiger partial charge in [-0.15, -0.1) is 0 Å². The van der Waals surface area contributed by atoms with Gasteiger partial charge in [-0.25, -0.2) is 4.79 Å². The van der Waals surface area contributed by atoms with Crippen molar-refractivity contribution >= 4 is 23.6 Å². The second kappa shape index (κ2) is 9.05. The van der Waals surface area contributed by atoms with Crippen molar-refractivity contribution in [3.05, 3.63) is 24.3 Å². The molecule has 0 bridgehead atoms. The van der Waals surface area contributed by atoms with Gasteiger partial charge in [0.05, 0.1) is 20.8 Å². The van der Waals surface area contributed by atoms with Crippen LogP contribution in [0.15, 0.2) is 24.3 Å². The normalized spacial score (nSPS) is 24.1. The van der Waals surface area contributed by atoms with Gasteiger partial charge in [0.1, 0.15) is 11.8 Å². The second-order valence-electron chi connectivity index (χ2n) is 7.29. The smallest absolute Gasteiger partial charge is 0.325 e. The first-order valence-corrected chi connectivity index (χ1v) is 9.60. The number of anilines is 1. The molecule has 1 aliphatic carbocycles. The number of amides is 3. The molecule has 2 N–H and O–H groups in total. The fourth-order valence-electron chi connectivity index (χ4n) is 4.32. The summed E-state index contributed by atoms with van der Waals surface area (Å²) in [6.07, 6.45) is 4.98. The van der Waals surface area contributed by atoms with E-state index in [1.807, 2.05) is 4.90 Å². The third kappa shape index (κ3) is 4.62. The average Bonchev–Trinajstić information content (AvgIpc) is 3.06. The molecule has 1 aliphatic heterocycles. The van der Waals surface area contributed by atoms with Crippen LogP contribution in [0.1, 0.15) is 32.1 Å². The fourth-order valence-corrected chi connectivity index (χ4v) is 4.32. The molecule has 8 heteroatoms. The molecule has 152 valence electrons. The number of methoxy groups -OCH3 is 2. The van der Waals surface area contributed by atoms with E-state index in [9.17, 15) is 14.4 Å². The van der Waals surface area contributed by atoms with E-state index in [-0.39, 0.29) is 18.6 Å². The number of fused-ring (bicyclic) bond motifs is 1. The Hall–Kier alpha value is -2.61. The molecule has 0 radical (unpaired) electrons. The van der Waals surface area contributed by atoms with Crippen molar-refractivity contribution in [2.45, 2.75) is 44.2 Å². The number of nitrogens with one attached hydrogen (secondary N) is 2. The van der Waals surface area contributed by atoms with Gasteiger partial charge in [0.2, 0.25) is 5.91 Å². The van der Waals surface area contributed by atoms with Crippen LogP contribution in [0.5, 0.6) is 5.75 Å². The van der Waals surface area contributed by atoms with Crippen molar-refractivity contribution in [1.29, 1.82) is 0 Å². The van der Waals surface area contributed by atoms with Gasteiger partial charge in [-0.3, -0.25) is 19.8 Å². The van der Waals surface area contributed by atoms with Crippen LogP contribution in [0.25, 0.3) is 0 Å². The number of nitrogens with zero attached hydrogens (tertiary/aromatic N) is 1. The Morgan fingerprint density at radius 1 is 1.11 bits per heavy atom. The summed E-state index contributed by atoms with van der Waals surface area (Å²) in [7, 11) is 2.93. The van der Waals surface area contributed by atoms with E-state index in [1.54, 1.807) is 31.4 Å². The van der Waals surface area contributed by atoms with Crippen LogP contribution < -0.4 is 15.4 Å². The molecule has 1 saturated carbocycles. The van der Waals surface area contributed by atoms with Crippen molar-refractivity contribution < 1.29 is 23.9 Å². The summed E-state index contributed by atoms with van der Waals surface area (Å²) in [6.45, 7) is -0.00301. The summed E-state index contributed by atoms with van der Waals surface area (Å²) in [5.41, 5.74) is 0.548. The molecule has 28 heavy (non-hydrogen) atoms. The lowest BCUT2D eigenvalue weighted by Gasteiger charge is -2.32. The molecule has 1 aromatic rings. The van der Waals surface area contributed by atoms with E-state index in [0.717, 1.165) is 25.7 Å². The number of likely N-dealkylation sites (tertiary alicyclic amines) is 1. The van der Waals surface area contributed by atoms with E-state index < -0.39 is 18.0 Å². The van der Waals surface area contributed by atoms with Gasteiger partial charge in [0.25, 0.3) is 0 Å². The molecular weight excluding hydrogens is 362 g/mol. The summed E-state index contributed by atoms with van der Waals surface area (Å²) >= 11 is 0. The Kier molecular flexibility index (Phi) is 6.51. The summed E-state index contributed by atoms with van der Waals surface area (Å²) in [5, 5.41) is 4.96. The Bertz CT molecular complexity index is 721. The number of carbonyl (C=O) groups excluding carboxylic acids is 3. The van der Waals surface area contributed by atoms with Crippen molar-refractivity contribution in [3.8, 4) is 5.75 Å². The number of esters is 1. The first-order valence-electron chi connectivity index (χ1n) is 9.60. The lowest BCUT2D eigenvalue weighted by Crippen LogP contribution is -2.49. The highest BCUT2D eigenvalue weighted by Crippen LogP contribution is 2.39. The first kappa shape index (κ1) is 20.1. The maximum atomic E-state index is 12.4. The van der Waals surface area contributed by atoms with E-state index in [1.165, 1.54) is 7.11 Å². The Morgan fingerprint density at radius 3 is 2.50 bits per heavy atom. The Morgan fingerprint density at radius 2 is 1.82 bits per heavy atom. The predicted molar refractivity (Wildman–Crippen MR) is 103 cm³/mol. The van der Waals surface area contributed by atoms with Crippen LogP contribution in [-0.4, -0.2) is 55.7 Å². The van der Waals surface area contributed by atoms with Gasteiger partial charge in [0.15, 0.2) is 0 Å². The molecule has 2 aliphatic rings. The molecular formula is C20H27N3O5. The van der Waals surface area contributed by atoms with Crippen molar-refractivity contribution in [2.24, 2.45) is 5.92 Å². The van der Waals surface area contributed by atoms with E-state index in [2.05, 4.69) is 10.6 Å². The molecule has 2 fully saturated rings. The largest absolute Gasteiger partial charge is 0.497 e. The highest BCUT2D eigenvalue weighted by Gasteiger charge is 2.46. The van der Waals surface area contributed by atoms with Crippen molar-refractivity contribution in [1.82, 2.24) is 10.2 Å². The topological polar surface area (TPSA) is 97.0 Å². The lowest BCUT2D eigenvalue weighted by atomic mass is 9.85. The third-order valence-electron chi connectivity index (χ3n) is 5.62. The second-order valence-corrected chi connectivity index (χ2v) is 7.29. The molecule has 8 nitrogen and oxygen atoms in total. The first-order chi connectivity index (χ1) is 13.5. The average molecular weight is 389 g/mol. The van der Waals surface area contributed by atoms with Crippen LogP contribution >= 0.6 is 0 Å². The fraction of sp³-hybridized carbons (Fsp3) is 0.550. The molecule has 1 heterocycles. The highest BCUT2D eigenvalue weighted by atomic mass is 16.5. The van der Waals surface area contributed by atoms with Crippen molar-refractivity contribution in [2.75, 3.05) is 26.1 Å². The van der Waals surface area contributed by atoms with Crippen LogP contribution in [0.3, 0.4) is 0 Å². The van der Waals surface area contributed by atoms with Gasteiger partial charge in [0, 0.05) is 11.7 Å². The lowest BCUT2D eigenvalue weighted by molar-refractivity contribution is -0.146. The maximum Gasteiger partial charge on any atom is 0.325 e. The molecule has 0 aromatic heterocycles. The summed E-state index contributed by atoms with van der Waals surface area (Å²) in [6, 6.07) is 5.95. The number of ether oxygens (including phenoxy) is 2. The molecule has 0 unspecified atom stereocenters. The number of rotatable bonds is 5. The Labute approximate surface area is 164 Å². The maximum absolute atomic E-state index is 12.4. The Balaban J connectivity index is 1.58. The molecule has 1 aromatic carbocycles. The number of benzene rings is 1. The van der Waals surface area contributed by atoms with Crippen molar-refractivity contribution in [3.63, 3.8) is 0 Å². The van der Waals surface area contributed by atoms with E-state index >= 15 is 0 Å². The molecule has 3 rings (SSSR count). The zero-order valence-corrected chi connectivity index (χ0v) is 16.3. The zero-order valence-electron chi connectivity index (χ0n) is 16.3. The molecule has 1 saturated heterocycles. The molecule has 3 atom stereocenters.